The Morgan fingerprint density at radius 3 is 1.75 bits per heavy atom. The van der Waals surface area contributed by atoms with Crippen LogP contribution in [0.3, 0.4) is 0 Å². The van der Waals surface area contributed by atoms with Crippen molar-refractivity contribution in [1.29, 1.82) is 0 Å². The summed E-state index contributed by atoms with van der Waals surface area (Å²) in [5.74, 6) is 0. The van der Waals surface area contributed by atoms with Crippen LogP contribution in [0.2, 0.25) is 0 Å². The molecule has 58 valence electrons. The maximum atomic E-state index is 8.07. The second-order valence-electron chi connectivity index (χ2n) is 1.08. The molecular formula is C4H14BrNNiO. The van der Waals surface area contributed by atoms with Crippen molar-refractivity contribution in [3.63, 3.8) is 0 Å². The Kier molecular flexibility index (Phi) is 71.6. The summed E-state index contributed by atoms with van der Waals surface area (Å²) >= 11 is 0. The molecule has 0 amide bonds. The van der Waals surface area contributed by atoms with Crippen LogP contribution in [0.15, 0.2) is 0 Å². The second-order valence-corrected chi connectivity index (χ2v) is 1.08. The van der Waals surface area contributed by atoms with Gasteiger partial charge in [0.05, 0.1) is 0 Å². The molecule has 0 saturated heterocycles. The minimum Gasteiger partial charge on any atom is -0.396 e. The molecule has 8 heavy (non-hydrogen) atoms. The van der Waals surface area contributed by atoms with Crippen LogP contribution in [-0.2, 0) is 16.5 Å². The Balaban J connectivity index is -0.0000000267. The number of hydrogen-bond donors (Lipinski definition) is 2. The first-order valence-corrected chi connectivity index (χ1v) is 2.02. The van der Waals surface area contributed by atoms with Gasteiger partial charge < -0.3 is 11.3 Å². The van der Waals surface area contributed by atoms with Gasteiger partial charge in [-0.15, -0.1) is 17.0 Å². The molecule has 4 heteroatoms. The molecule has 0 atom stereocenters. The molecule has 4 N–H and O–H groups in total. The van der Waals surface area contributed by atoms with Crippen molar-refractivity contribution in [2.24, 2.45) is 0 Å². The van der Waals surface area contributed by atoms with Crippen LogP contribution in [-0.4, -0.2) is 11.7 Å². The largest absolute Gasteiger partial charge is 0.396 e. The fourth-order valence-electron chi connectivity index (χ4n) is 0.158. The summed E-state index contributed by atoms with van der Waals surface area (Å²) in [6.07, 6.45) is 2.04. The molecule has 0 fully saturated rings. The van der Waals surface area contributed by atoms with Crippen LogP contribution in [0, 0.1) is 0 Å². The van der Waals surface area contributed by atoms with Crippen LogP contribution in [0.4, 0.5) is 0 Å². The van der Waals surface area contributed by atoms with Crippen molar-refractivity contribution in [3.8, 4) is 0 Å². The van der Waals surface area contributed by atoms with E-state index in [1.165, 1.54) is 0 Å². The maximum absolute atomic E-state index is 8.07. The first-order chi connectivity index (χ1) is 2.41. The molecular weight excluding hydrogens is 217 g/mol. The van der Waals surface area contributed by atoms with E-state index in [9.17, 15) is 0 Å². The predicted molar refractivity (Wildman–Crippen MR) is 37.3 cm³/mol. The van der Waals surface area contributed by atoms with Gasteiger partial charge in [-0.3, -0.25) is 0 Å². The summed E-state index contributed by atoms with van der Waals surface area (Å²) in [6.45, 7) is 2.40. The number of unbranched alkanes of at least 4 members (excludes halogenated alkanes) is 1. The Hall–Kier alpha value is 0.894. The van der Waals surface area contributed by atoms with Crippen LogP contribution in [0.5, 0.6) is 0 Å². The average molecular weight is 231 g/mol. The summed E-state index contributed by atoms with van der Waals surface area (Å²) in [5.41, 5.74) is 0. The summed E-state index contributed by atoms with van der Waals surface area (Å²) < 4.78 is 0. The number of rotatable bonds is 2. The summed E-state index contributed by atoms with van der Waals surface area (Å²) in [5, 5.41) is 8.07. The minimum atomic E-state index is 0. The van der Waals surface area contributed by atoms with Gasteiger partial charge in [-0.2, -0.15) is 0 Å². The standard InChI is InChI=1S/C4H10O.BrH.H3N.Ni/c1-2-3-4-5;;;/h5H,2-4H2,1H3;1H;1H3;. The molecule has 0 aliphatic carbocycles. The quantitative estimate of drug-likeness (QED) is 0.707. The summed E-state index contributed by atoms with van der Waals surface area (Å²) in [4.78, 5) is 0. The monoisotopic (exact) mass is 229 g/mol. The first kappa shape index (κ1) is 23.1. The zero-order chi connectivity index (χ0) is 4.12. The predicted octanol–water partition coefficient (Wildman–Crippen LogP) is 1.52. The zero-order valence-electron chi connectivity index (χ0n) is 5.00. The van der Waals surface area contributed by atoms with Gasteiger partial charge in [-0.25, -0.2) is 0 Å². The SMILES string of the molecule is Br.CCCCO.N.[Ni]. The average Bonchev–Trinajstić information content (AvgIpc) is 1.41. The minimum absolute atomic E-state index is 0. The topological polar surface area (TPSA) is 55.2 Å². The Morgan fingerprint density at radius 2 is 1.75 bits per heavy atom. The molecule has 0 bridgehead atoms. The van der Waals surface area contributed by atoms with E-state index in [0.29, 0.717) is 6.61 Å². The van der Waals surface area contributed by atoms with Gasteiger partial charge in [0.15, 0.2) is 0 Å². The molecule has 0 aromatic rings. The smallest absolute Gasteiger partial charge is 0.0430 e. The molecule has 0 saturated carbocycles. The van der Waals surface area contributed by atoms with Crippen LogP contribution in [0.1, 0.15) is 19.8 Å². The third kappa shape index (κ3) is 28.6. The Bertz CT molecular complexity index is 23.5. The third-order valence-electron chi connectivity index (χ3n) is 0.512. The van der Waals surface area contributed by atoms with E-state index in [1.54, 1.807) is 0 Å². The van der Waals surface area contributed by atoms with Gasteiger partial charge in [-0.05, 0) is 6.42 Å². The van der Waals surface area contributed by atoms with Crippen LogP contribution in [0.25, 0.3) is 0 Å². The Labute approximate surface area is 71.3 Å². The summed E-state index contributed by atoms with van der Waals surface area (Å²) in [6, 6.07) is 0. The van der Waals surface area contributed by atoms with E-state index in [2.05, 4.69) is 6.92 Å². The van der Waals surface area contributed by atoms with Gasteiger partial charge in [-0.1, -0.05) is 13.3 Å². The molecule has 0 rings (SSSR count). The van der Waals surface area contributed by atoms with Gasteiger partial charge >= 0.3 is 0 Å². The molecule has 0 spiro atoms. The first-order valence-electron chi connectivity index (χ1n) is 2.02. The van der Waals surface area contributed by atoms with E-state index in [4.69, 9.17) is 5.11 Å². The van der Waals surface area contributed by atoms with Crippen molar-refractivity contribution in [2.75, 3.05) is 6.61 Å². The maximum Gasteiger partial charge on any atom is 0.0430 e. The number of aliphatic hydroxyl groups excluding tert-OH is 1. The second kappa shape index (κ2) is 24.7. The van der Waals surface area contributed by atoms with E-state index in [-0.39, 0.29) is 39.6 Å². The van der Waals surface area contributed by atoms with Crippen LogP contribution < -0.4 is 6.15 Å². The van der Waals surface area contributed by atoms with E-state index in [0.717, 1.165) is 12.8 Å². The number of halogens is 1. The van der Waals surface area contributed by atoms with Crippen molar-refractivity contribution in [1.82, 2.24) is 6.15 Å². The number of hydrogen-bond acceptors (Lipinski definition) is 2. The molecule has 0 radical (unpaired) electrons. The molecule has 0 unspecified atom stereocenters. The number of aliphatic hydroxyl groups is 1. The van der Waals surface area contributed by atoms with Crippen molar-refractivity contribution >= 4 is 17.0 Å². The van der Waals surface area contributed by atoms with Gasteiger partial charge in [0.1, 0.15) is 0 Å². The van der Waals surface area contributed by atoms with E-state index in [1.807, 2.05) is 0 Å². The third-order valence-corrected chi connectivity index (χ3v) is 0.512. The molecule has 0 heterocycles. The zero-order valence-corrected chi connectivity index (χ0v) is 7.70. The van der Waals surface area contributed by atoms with E-state index < -0.39 is 0 Å². The molecule has 0 aliphatic rings. The molecule has 0 aromatic heterocycles. The van der Waals surface area contributed by atoms with Gasteiger partial charge in [0, 0.05) is 23.1 Å². The van der Waals surface area contributed by atoms with Gasteiger partial charge in [0.2, 0.25) is 0 Å². The Morgan fingerprint density at radius 1 is 1.38 bits per heavy atom. The van der Waals surface area contributed by atoms with Crippen molar-refractivity contribution in [3.05, 3.63) is 0 Å². The van der Waals surface area contributed by atoms with Crippen LogP contribution >= 0.6 is 17.0 Å². The summed E-state index contributed by atoms with van der Waals surface area (Å²) in [7, 11) is 0. The van der Waals surface area contributed by atoms with Crippen molar-refractivity contribution < 1.29 is 21.6 Å². The van der Waals surface area contributed by atoms with E-state index >= 15 is 0 Å². The van der Waals surface area contributed by atoms with Gasteiger partial charge in [0.25, 0.3) is 0 Å². The normalized spacial score (nSPS) is 5.25. The molecule has 0 aromatic carbocycles. The van der Waals surface area contributed by atoms with Crippen molar-refractivity contribution in [2.45, 2.75) is 19.8 Å². The molecule has 2 nitrogen and oxygen atoms in total. The fraction of sp³-hybridized carbons (Fsp3) is 1.00. The molecule has 0 aliphatic heterocycles. The fourth-order valence-corrected chi connectivity index (χ4v) is 0.158.